The van der Waals surface area contributed by atoms with Gasteiger partial charge in [0.25, 0.3) is 11.1 Å². The number of aromatic amines is 1. The molecule has 1 N–H and O–H groups in total. The van der Waals surface area contributed by atoms with Crippen LogP contribution in [0.2, 0.25) is 0 Å². The molecule has 6 nitrogen and oxygen atoms in total. The van der Waals surface area contributed by atoms with Gasteiger partial charge in [-0.15, -0.1) is 0 Å². The molecule has 0 unspecified atom stereocenters. The molecule has 2 fully saturated rings. The van der Waals surface area contributed by atoms with Crippen molar-refractivity contribution in [1.82, 2.24) is 19.1 Å². The lowest BCUT2D eigenvalue weighted by Crippen LogP contribution is -2.36. The molecule has 4 bridgehead atoms. The average Bonchev–Trinajstić information content (AvgIpc) is 3.79. The number of halogens is 4. The molecule has 4 aliphatic carbocycles. The molecule has 0 spiro atoms. The van der Waals surface area contributed by atoms with E-state index in [1.165, 1.54) is 27.6 Å². The Bertz CT molecular complexity index is 2350. The highest BCUT2D eigenvalue weighted by atomic mass is 19.1. The first kappa shape index (κ1) is 33.5. The lowest BCUT2D eigenvalue weighted by molar-refractivity contribution is 0.216. The Kier molecular flexibility index (Phi) is 7.20. The summed E-state index contributed by atoms with van der Waals surface area (Å²) in [6, 6.07) is 16.5. The summed E-state index contributed by atoms with van der Waals surface area (Å²) >= 11 is 0. The molecule has 2 heterocycles. The minimum absolute atomic E-state index is 0.0216. The van der Waals surface area contributed by atoms with Crippen LogP contribution in [0.4, 0.5) is 17.6 Å². The van der Waals surface area contributed by atoms with Gasteiger partial charge in [-0.2, -0.15) is 0 Å². The number of H-pyrrole nitrogens is 1. The number of aromatic nitrogens is 4. The zero-order valence-electron chi connectivity index (χ0n) is 29.7. The van der Waals surface area contributed by atoms with Crippen molar-refractivity contribution in [2.24, 2.45) is 10.8 Å². The van der Waals surface area contributed by atoms with Crippen molar-refractivity contribution < 1.29 is 17.6 Å². The van der Waals surface area contributed by atoms with Gasteiger partial charge < -0.3 is 0 Å². The van der Waals surface area contributed by atoms with E-state index in [9.17, 15) is 27.2 Å². The second-order valence-corrected chi connectivity index (χ2v) is 16.4. The fraction of sp³-hybridized carbons (Fsp3) is 0.415. The van der Waals surface area contributed by atoms with E-state index in [1.807, 2.05) is 35.0 Å². The van der Waals surface area contributed by atoms with Crippen molar-refractivity contribution in [3.63, 3.8) is 0 Å². The van der Waals surface area contributed by atoms with E-state index in [-0.39, 0.29) is 56.0 Å². The topological polar surface area (TPSA) is 64.7 Å². The third kappa shape index (κ3) is 4.40. The van der Waals surface area contributed by atoms with E-state index in [0.29, 0.717) is 6.54 Å². The Morgan fingerprint density at radius 1 is 0.686 bits per heavy atom. The number of hydrogen-bond donors (Lipinski definition) is 1. The number of nitrogens with one attached hydrogen (secondary N) is 1. The summed E-state index contributed by atoms with van der Waals surface area (Å²) in [4.78, 5) is 26.4. The molecule has 2 aromatic heterocycles. The second kappa shape index (κ2) is 11.0. The summed E-state index contributed by atoms with van der Waals surface area (Å²) in [5, 5.41) is 3.11. The second-order valence-electron chi connectivity index (χ2n) is 16.4. The van der Waals surface area contributed by atoms with Gasteiger partial charge >= 0.3 is 0 Å². The Labute approximate surface area is 293 Å². The summed E-state index contributed by atoms with van der Waals surface area (Å²) in [6.45, 7) is 13.7. The monoisotopic (exact) mass is 698 g/mol. The van der Waals surface area contributed by atoms with Gasteiger partial charge in [0, 0.05) is 39.8 Å². The molecule has 4 atom stereocenters. The molecule has 0 radical (unpaired) electrons. The van der Waals surface area contributed by atoms with Gasteiger partial charge in [0.2, 0.25) is 0 Å². The largest absolute Gasteiger partial charge is 0.294 e. The van der Waals surface area contributed by atoms with Gasteiger partial charge in [0.05, 0.1) is 12.2 Å². The molecular weight excluding hydrogens is 656 g/mol. The molecule has 2 saturated carbocycles. The van der Waals surface area contributed by atoms with Gasteiger partial charge in [-0.1, -0.05) is 71.9 Å². The zero-order valence-corrected chi connectivity index (χ0v) is 29.7. The van der Waals surface area contributed by atoms with Gasteiger partial charge in [0.15, 0.2) is 11.6 Å². The summed E-state index contributed by atoms with van der Waals surface area (Å²) < 4.78 is 60.0. The molecule has 0 saturated heterocycles. The molecular formula is C41H42F4N4O2. The van der Waals surface area contributed by atoms with Crippen LogP contribution in [0, 0.1) is 34.1 Å². The fourth-order valence-electron chi connectivity index (χ4n) is 10.2. The summed E-state index contributed by atoms with van der Waals surface area (Å²) in [5.41, 5.74) is 4.06. The molecule has 4 aliphatic rings. The highest BCUT2D eigenvalue weighted by Crippen LogP contribution is 2.68. The van der Waals surface area contributed by atoms with Gasteiger partial charge in [-0.25, -0.2) is 26.9 Å². The van der Waals surface area contributed by atoms with Crippen molar-refractivity contribution in [3.8, 4) is 11.4 Å². The van der Waals surface area contributed by atoms with Crippen LogP contribution in [-0.4, -0.2) is 19.1 Å². The van der Waals surface area contributed by atoms with E-state index in [1.54, 1.807) is 0 Å². The van der Waals surface area contributed by atoms with Crippen LogP contribution in [0.15, 0.2) is 76.3 Å². The number of rotatable bonds is 4. The Morgan fingerprint density at radius 2 is 1.24 bits per heavy atom. The van der Waals surface area contributed by atoms with Crippen LogP contribution in [0.1, 0.15) is 107 Å². The summed E-state index contributed by atoms with van der Waals surface area (Å²) in [7, 11) is 0. The smallest absolute Gasteiger partial charge is 0.275 e. The first-order valence-corrected chi connectivity index (χ1v) is 17.7. The molecule has 0 aliphatic heterocycles. The van der Waals surface area contributed by atoms with E-state index < -0.39 is 23.3 Å². The zero-order chi connectivity index (χ0) is 36.4. The Morgan fingerprint density at radius 3 is 1.82 bits per heavy atom. The van der Waals surface area contributed by atoms with Crippen molar-refractivity contribution in [2.45, 2.75) is 96.4 Å². The first-order chi connectivity index (χ1) is 24.0. The van der Waals surface area contributed by atoms with Crippen LogP contribution in [-0.2, 0) is 17.4 Å². The maximum atomic E-state index is 14.7. The maximum absolute atomic E-state index is 14.7. The minimum Gasteiger partial charge on any atom is -0.294 e. The predicted molar refractivity (Wildman–Crippen MR) is 188 cm³/mol. The molecule has 51 heavy (non-hydrogen) atoms. The number of nitrogens with zero attached hydrogens (tertiary/aromatic N) is 3. The first-order valence-electron chi connectivity index (χ1n) is 17.7. The minimum atomic E-state index is -0.737. The quantitative estimate of drug-likeness (QED) is 0.191. The van der Waals surface area contributed by atoms with Crippen molar-refractivity contribution >= 4 is 0 Å². The van der Waals surface area contributed by atoms with Crippen LogP contribution in [0.25, 0.3) is 11.4 Å². The van der Waals surface area contributed by atoms with E-state index in [4.69, 9.17) is 0 Å². The van der Waals surface area contributed by atoms with Crippen LogP contribution in [0.3, 0.4) is 0 Å². The van der Waals surface area contributed by atoms with Crippen molar-refractivity contribution in [2.75, 3.05) is 0 Å². The lowest BCUT2D eigenvalue weighted by atomic mass is 9.70. The van der Waals surface area contributed by atoms with Crippen molar-refractivity contribution in [3.05, 3.63) is 139 Å². The average molecular weight is 699 g/mol. The summed E-state index contributed by atoms with van der Waals surface area (Å²) in [6.07, 6.45) is 3.97. The van der Waals surface area contributed by atoms with Crippen LogP contribution < -0.4 is 11.1 Å². The van der Waals surface area contributed by atoms with Crippen molar-refractivity contribution in [1.29, 1.82) is 0 Å². The Balaban J connectivity index is 0.000000152. The standard InChI is InChI=1S/C24H24F2N2O.C17H18F2N2O/c1-23(2)17-11-12-24(23,3)21-20(17)22(29)28(19-10-9-16(25)13-18(19)26)27(21)14-15-7-5-4-6-8-15;1-16(2)10-6-7-17(16,3)14-13(10)15(22)21(20-14)12-5-4-9(18)8-11(12)19/h4-10,13,17H,11-12,14H2,1-3H3;4-5,8,10,20H,6-7H2,1-3H3/t17-,24+;10-,17+/m00/s1. The normalized spacial score (nSPS) is 25.8. The molecule has 10 heteroatoms. The third-order valence-electron chi connectivity index (χ3n) is 13.8. The number of fused-ring (bicyclic) bond motifs is 10. The molecule has 9 rings (SSSR count). The molecule has 3 aromatic carbocycles. The molecule has 266 valence electrons. The Hall–Kier alpha value is -4.60. The van der Waals surface area contributed by atoms with Gasteiger partial charge in [-0.05, 0) is 78.2 Å². The maximum Gasteiger partial charge on any atom is 0.275 e. The highest BCUT2D eigenvalue weighted by molar-refractivity contribution is 5.49. The number of hydrogen-bond acceptors (Lipinski definition) is 2. The SMILES string of the molecule is CC1(C)[C@H]2CC[C@]1(C)c1[nH]n(-c3ccc(F)cc3F)c(=O)c12.CC1(C)[C@H]2CC[C@]1(C)c1c2c(=O)n(-c2ccc(F)cc2F)n1Cc1ccccc1. The molecule has 5 aromatic rings. The van der Waals surface area contributed by atoms with Gasteiger partial charge in [0.1, 0.15) is 23.0 Å². The highest BCUT2D eigenvalue weighted by Gasteiger charge is 2.63. The lowest BCUT2D eigenvalue weighted by Gasteiger charge is -2.36. The van der Waals surface area contributed by atoms with Crippen LogP contribution in [0.5, 0.6) is 0 Å². The summed E-state index contributed by atoms with van der Waals surface area (Å²) in [5.74, 6) is -2.42. The van der Waals surface area contributed by atoms with E-state index in [2.05, 4.69) is 46.6 Å². The van der Waals surface area contributed by atoms with E-state index in [0.717, 1.165) is 72.0 Å². The fourth-order valence-corrected chi connectivity index (χ4v) is 10.2. The van der Waals surface area contributed by atoms with Crippen LogP contribution >= 0.6 is 0 Å². The number of benzene rings is 3. The third-order valence-corrected chi connectivity index (χ3v) is 13.8. The van der Waals surface area contributed by atoms with Gasteiger partial charge in [-0.3, -0.25) is 19.4 Å². The molecule has 0 amide bonds. The van der Waals surface area contributed by atoms with E-state index >= 15 is 0 Å². The predicted octanol–water partition coefficient (Wildman–Crippen LogP) is 8.76.